The van der Waals surface area contributed by atoms with Gasteiger partial charge in [-0.1, -0.05) is 32.0 Å². The average Bonchev–Trinajstić information content (AvgIpc) is 2.87. The molecule has 0 radical (unpaired) electrons. The molecule has 1 N–H and O–H groups in total. The van der Waals surface area contributed by atoms with Crippen LogP contribution >= 0.6 is 0 Å². The summed E-state index contributed by atoms with van der Waals surface area (Å²) in [6, 6.07) is 8.68. The number of nitrogens with one attached hydrogen (secondary N) is 1. The molecule has 0 aliphatic rings. The predicted octanol–water partition coefficient (Wildman–Crippen LogP) is 3.61. The zero-order valence-corrected chi connectivity index (χ0v) is 13.4. The van der Waals surface area contributed by atoms with Gasteiger partial charge in [-0.2, -0.15) is 0 Å². The standard InChI is InChI=1S/C18H28N2O/c1-3-10-19-11-9-16-15-20(12-14-21-13-4-2)18-8-6-5-7-17(16)18/h5-8,15,19H,3-4,9-14H2,1-2H3. The van der Waals surface area contributed by atoms with Crippen LogP contribution in [0.3, 0.4) is 0 Å². The van der Waals surface area contributed by atoms with Crippen LogP contribution in [0.5, 0.6) is 0 Å². The van der Waals surface area contributed by atoms with Gasteiger partial charge in [0.15, 0.2) is 0 Å². The van der Waals surface area contributed by atoms with Gasteiger partial charge in [0.05, 0.1) is 6.61 Å². The summed E-state index contributed by atoms with van der Waals surface area (Å²) < 4.78 is 7.96. The lowest BCUT2D eigenvalue weighted by Crippen LogP contribution is -2.17. The molecule has 0 aliphatic heterocycles. The van der Waals surface area contributed by atoms with E-state index in [-0.39, 0.29) is 0 Å². The molecule has 0 aliphatic carbocycles. The third-order valence-electron chi connectivity index (χ3n) is 3.69. The van der Waals surface area contributed by atoms with Crippen LogP contribution in [0, 0.1) is 0 Å². The van der Waals surface area contributed by atoms with E-state index in [0.717, 1.165) is 45.7 Å². The number of ether oxygens (including phenoxy) is 1. The van der Waals surface area contributed by atoms with Crippen molar-refractivity contribution in [1.82, 2.24) is 9.88 Å². The lowest BCUT2D eigenvalue weighted by Gasteiger charge is -2.05. The van der Waals surface area contributed by atoms with Gasteiger partial charge in [-0.25, -0.2) is 0 Å². The van der Waals surface area contributed by atoms with E-state index in [9.17, 15) is 0 Å². The van der Waals surface area contributed by atoms with Gasteiger partial charge in [0.25, 0.3) is 0 Å². The Labute approximate surface area is 128 Å². The van der Waals surface area contributed by atoms with E-state index in [1.165, 1.54) is 22.9 Å². The van der Waals surface area contributed by atoms with E-state index in [1.807, 2.05) is 0 Å². The van der Waals surface area contributed by atoms with Gasteiger partial charge in [0.2, 0.25) is 0 Å². The molecule has 0 amide bonds. The molecule has 2 rings (SSSR count). The second-order valence-electron chi connectivity index (χ2n) is 5.48. The highest BCUT2D eigenvalue weighted by Gasteiger charge is 2.07. The molecule has 1 aromatic carbocycles. The van der Waals surface area contributed by atoms with E-state index >= 15 is 0 Å². The van der Waals surface area contributed by atoms with Crippen LogP contribution < -0.4 is 5.32 Å². The first-order valence-electron chi connectivity index (χ1n) is 8.22. The Morgan fingerprint density at radius 2 is 1.90 bits per heavy atom. The van der Waals surface area contributed by atoms with Gasteiger partial charge in [-0.3, -0.25) is 0 Å². The summed E-state index contributed by atoms with van der Waals surface area (Å²) in [5, 5.41) is 4.86. The normalized spacial score (nSPS) is 11.3. The summed E-state index contributed by atoms with van der Waals surface area (Å²) in [5.41, 5.74) is 2.76. The summed E-state index contributed by atoms with van der Waals surface area (Å²) in [4.78, 5) is 0. The van der Waals surface area contributed by atoms with Crippen LogP contribution in [0.1, 0.15) is 32.3 Å². The smallest absolute Gasteiger partial charge is 0.0645 e. The fraction of sp³-hybridized carbons (Fsp3) is 0.556. The van der Waals surface area contributed by atoms with Crippen molar-refractivity contribution in [3.05, 3.63) is 36.0 Å². The molecule has 0 atom stereocenters. The van der Waals surface area contributed by atoms with E-state index in [4.69, 9.17) is 4.74 Å². The molecule has 0 fully saturated rings. The van der Waals surface area contributed by atoms with Crippen molar-refractivity contribution in [3.8, 4) is 0 Å². The number of rotatable bonds is 10. The maximum Gasteiger partial charge on any atom is 0.0645 e. The molecule has 0 saturated heterocycles. The first-order valence-corrected chi connectivity index (χ1v) is 8.22. The molecular weight excluding hydrogens is 260 g/mol. The Kier molecular flexibility index (Phi) is 6.77. The van der Waals surface area contributed by atoms with Crippen molar-refractivity contribution in [2.75, 3.05) is 26.3 Å². The Hall–Kier alpha value is -1.32. The lowest BCUT2D eigenvalue weighted by atomic mass is 10.1. The SMILES string of the molecule is CCCNCCc1cn(CCOCCC)c2ccccc12. The second kappa shape index (κ2) is 8.85. The Morgan fingerprint density at radius 3 is 2.71 bits per heavy atom. The Morgan fingerprint density at radius 1 is 1.05 bits per heavy atom. The molecule has 116 valence electrons. The van der Waals surface area contributed by atoms with Gasteiger partial charge >= 0.3 is 0 Å². The van der Waals surface area contributed by atoms with Gasteiger partial charge in [-0.05, 0) is 44.0 Å². The zero-order valence-electron chi connectivity index (χ0n) is 13.4. The first kappa shape index (κ1) is 16.1. The Bertz CT molecular complexity index is 487. The van der Waals surface area contributed by atoms with Crippen molar-refractivity contribution >= 4 is 10.9 Å². The molecule has 1 heterocycles. The molecular formula is C18H28N2O. The lowest BCUT2D eigenvalue weighted by molar-refractivity contribution is 0.127. The minimum atomic E-state index is 0.792. The fourth-order valence-electron chi connectivity index (χ4n) is 2.64. The van der Waals surface area contributed by atoms with Crippen LogP contribution in [0.15, 0.2) is 30.5 Å². The number of hydrogen-bond acceptors (Lipinski definition) is 2. The second-order valence-corrected chi connectivity index (χ2v) is 5.48. The molecule has 1 aromatic heterocycles. The summed E-state index contributed by atoms with van der Waals surface area (Å²) in [6.07, 6.45) is 5.66. The van der Waals surface area contributed by atoms with E-state index in [0.29, 0.717) is 0 Å². The van der Waals surface area contributed by atoms with Crippen molar-refractivity contribution in [2.45, 2.75) is 39.7 Å². The quantitative estimate of drug-likeness (QED) is 0.676. The molecule has 3 nitrogen and oxygen atoms in total. The third-order valence-corrected chi connectivity index (χ3v) is 3.69. The summed E-state index contributed by atoms with van der Waals surface area (Å²) >= 11 is 0. The van der Waals surface area contributed by atoms with Gasteiger partial charge in [-0.15, -0.1) is 0 Å². The third kappa shape index (κ3) is 4.58. The number of nitrogens with zero attached hydrogens (tertiary/aromatic N) is 1. The van der Waals surface area contributed by atoms with E-state index in [2.05, 4.69) is 54.2 Å². The number of para-hydroxylation sites is 1. The monoisotopic (exact) mass is 288 g/mol. The van der Waals surface area contributed by atoms with E-state index in [1.54, 1.807) is 0 Å². The van der Waals surface area contributed by atoms with Gasteiger partial charge in [0.1, 0.15) is 0 Å². The van der Waals surface area contributed by atoms with Crippen molar-refractivity contribution in [3.63, 3.8) is 0 Å². The summed E-state index contributed by atoms with van der Waals surface area (Å²) in [5.74, 6) is 0. The maximum atomic E-state index is 5.62. The van der Waals surface area contributed by atoms with Gasteiger partial charge in [0, 0.05) is 30.3 Å². The van der Waals surface area contributed by atoms with Crippen molar-refractivity contribution in [1.29, 1.82) is 0 Å². The molecule has 0 bridgehead atoms. The van der Waals surface area contributed by atoms with Gasteiger partial charge < -0.3 is 14.6 Å². The van der Waals surface area contributed by atoms with Crippen LogP contribution in [-0.2, 0) is 17.7 Å². The largest absolute Gasteiger partial charge is 0.380 e. The summed E-state index contributed by atoms with van der Waals surface area (Å²) in [6.45, 7) is 9.08. The van der Waals surface area contributed by atoms with Crippen LogP contribution in [0.4, 0.5) is 0 Å². The number of hydrogen-bond donors (Lipinski definition) is 1. The topological polar surface area (TPSA) is 26.2 Å². The minimum absolute atomic E-state index is 0.792. The maximum absolute atomic E-state index is 5.62. The molecule has 2 aromatic rings. The number of benzene rings is 1. The zero-order chi connectivity index (χ0) is 14.9. The highest BCUT2D eigenvalue weighted by Crippen LogP contribution is 2.21. The highest BCUT2D eigenvalue weighted by molar-refractivity contribution is 5.84. The highest BCUT2D eigenvalue weighted by atomic mass is 16.5. The van der Waals surface area contributed by atoms with Crippen LogP contribution in [0.2, 0.25) is 0 Å². The molecule has 21 heavy (non-hydrogen) atoms. The fourth-order valence-corrected chi connectivity index (χ4v) is 2.64. The van der Waals surface area contributed by atoms with Crippen molar-refractivity contribution < 1.29 is 4.74 Å². The Balaban J connectivity index is 2.03. The van der Waals surface area contributed by atoms with Crippen LogP contribution in [0.25, 0.3) is 10.9 Å². The van der Waals surface area contributed by atoms with Crippen LogP contribution in [-0.4, -0.2) is 30.9 Å². The minimum Gasteiger partial charge on any atom is -0.380 e. The summed E-state index contributed by atoms with van der Waals surface area (Å²) in [7, 11) is 0. The van der Waals surface area contributed by atoms with Crippen molar-refractivity contribution in [2.24, 2.45) is 0 Å². The molecule has 3 heteroatoms. The first-order chi connectivity index (χ1) is 10.4. The molecule has 0 unspecified atom stereocenters. The molecule has 0 spiro atoms. The molecule has 0 saturated carbocycles. The number of fused-ring (bicyclic) bond motifs is 1. The average molecular weight is 288 g/mol. The van der Waals surface area contributed by atoms with E-state index < -0.39 is 0 Å². The predicted molar refractivity (Wildman–Crippen MR) is 89.9 cm³/mol. The number of aromatic nitrogens is 1.